The molecule has 0 aliphatic carbocycles. The number of carbonyl (C=O) groups excluding carboxylic acids is 1. The van der Waals surface area contributed by atoms with Crippen molar-refractivity contribution in [3.63, 3.8) is 0 Å². The molecule has 2 aromatic rings. The second-order valence-corrected chi connectivity index (χ2v) is 9.38. The van der Waals surface area contributed by atoms with Gasteiger partial charge < -0.3 is 10.1 Å². The van der Waals surface area contributed by atoms with Crippen LogP contribution in [0.1, 0.15) is 31.2 Å². The maximum absolute atomic E-state index is 12.7. The number of nitrogens with zero attached hydrogens (tertiary/aromatic N) is 1. The molecule has 0 aromatic heterocycles. The Bertz CT molecular complexity index is 955. The van der Waals surface area contributed by atoms with E-state index >= 15 is 0 Å². The number of ether oxygens (including phenoxy) is 1. The van der Waals surface area contributed by atoms with Gasteiger partial charge in [-0.25, -0.2) is 8.42 Å². The van der Waals surface area contributed by atoms with E-state index in [-0.39, 0.29) is 12.3 Å². The summed E-state index contributed by atoms with van der Waals surface area (Å²) in [5, 5.41) is 3.31. The molecule has 1 amide bonds. The summed E-state index contributed by atoms with van der Waals surface area (Å²) in [5.74, 6) is 0.366. The van der Waals surface area contributed by atoms with Crippen molar-refractivity contribution < 1.29 is 17.9 Å². The Labute approximate surface area is 176 Å². The number of halogens is 1. The van der Waals surface area contributed by atoms with Crippen LogP contribution in [-0.2, 0) is 21.2 Å². The molecule has 29 heavy (non-hydrogen) atoms. The van der Waals surface area contributed by atoms with E-state index in [1.807, 2.05) is 0 Å². The first-order valence-corrected chi connectivity index (χ1v) is 11.4. The van der Waals surface area contributed by atoms with Crippen molar-refractivity contribution in [3.8, 4) is 5.75 Å². The highest BCUT2D eigenvalue weighted by atomic mass is 35.5. The SMILES string of the molecule is COc1ccc(Cl)cc1NC(=O)CCc1ccc(S(=O)(=O)N2CCCCC2)cc1. The van der Waals surface area contributed by atoms with Gasteiger partial charge in [-0.2, -0.15) is 4.31 Å². The van der Waals surface area contributed by atoms with Crippen molar-refractivity contribution in [1.82, 2.24) is 4.31 Å². The van der Waals surface area contributed by atoms with Crippen molar-refractivity contribution in [1.29, 1.82) is 0 Å². The Hall–Kier alpha value is -2.09. The zero-order chi connectivity index (χ0) is 20.9. The van der Waals surface area contributed by atoms with E-state index in [1.165, 1.54) is 7.11 Å². The predicted molar refractivity (Wildman–Crippen MR) is 114 cm³/mol. The third-order valence-electron chi connectivity index (χ3n) is 4.95. The quantitative estimate of drug-likeness (QED) is 0.709. The van der Waals surface area contributed by atoms with E-state index in [9.17, 15) is 13.2 Å². The van der Waals surface area contributed by atoms with Crippen molar-refractivity contribution in [3.05, 3.63) is 53.1 Å². The Kier molecular flexibility index (Phi) is 7.16. The first-order valence-electron chi connectivity index (χ1n) is 9.62. The number of hydrogen-bond acceptors (Lipinski definition) is 4. The third kappa shape index (κ3) is 5.50. The molecule has 1 heterocycles. The summed E-state index contributed by atoms with van der Waals surface area (Å²) in [6.07, 6.45) is 3.65. The van der Waals surface area contributed by atoms with Gasteiger partial charge in [0, 0.05) is 24.5 Å². The molecule has 1 fully saturated rings. The van der Waals surface area contributed by atoms with Crippen LogP contribution in [0.25, 0.3) is 0 Å². The van der Waals surface area contributed by atoms with Crippen LogP contribution in [-0.4, -0.2) is 38.8 Å². The smallest absolute Gasteiger partial charge is 0.243 e. The molecule has 0 unspecified atom stereocenters. The van der Waals surface area contributed by atoms with Gasteiger partial charge >= 0.3 is 0 Å². The molecule has 1 N–H and O–H groups in total. The normalized spacial score (nSPS) is 15.1. The first kappa shape index (κ1) is 21.6. The molecule has 0 spiro atoms. The van der Waals surface area contributed by atoms with Crippen LogP contribution in [0.3, 0.4) is 0 Å². The van der Waals surface area contributed by atoms with Gasteiger partial charge in [0.1, 0.15) is 5.75 Å². The van der Waals surface area contributed by atoms with Gasteiger partial charge in [-0.1, -0.05) is 30.2 Å². The van der Waals surface area contributed by atoms with Gasteiger partial charge in [-0.05, 0) is 55.2 Å². The number of hydrogen-bond donors (Lipinski definition) is 1. The van der Waals surface area contributed by atoms with Crippen LogP contribution in [0.15, 0.2) is 47.4 Å². The van der Waals surface area contributed by atoms with Gasteiger partial charge in [0.25, 0.3) is 0 Å². The number of aryl methyl sites for hydroxylation is 1. The number of rotatable bonds is 7. The van der Waals surface area contributed by atoms with Gasteiger partial charge in [0.05, 0.1) is 17.7 Å². The number of methoxy groups -OCH3 is 1. The number of benzene rings is 2. The number of carbonyl (C=O) groups is 1. The molecule has 3 rings (SSSR count). The number of anilines is 1. The summed E-state index contributed by atoms with van der Waals surface area (Å²) in [6.45, 7) is 1.16. The number of amides is 1. The van der Waals surface area contributed by atoms with Crippen LogP contribution < -0.4 is 10.1 Å². The zero-order valence-corrected chi connectivity index (χ0v) is 17.9. The lowest BCUT2D eigenvalue weighted by Gasteiger charge is -2.25. The predicted octanol–water partition coefficient (Wildman–Crippen LogP) is 4.09. The van der Waals surface area contributed by atoms with Crippen molar-refractivity contribution in [2.75, 3.05) is 25.5 Å². The maximum atomic E-state index is 12.7. The van der Waals surface area contributed by atoms with Crippen molar-refractivity contribution in [2.45, 2.75) is 37.0 Å². The second-order valence-electron chi connectivity index (χ2n) is 7.00. The molecule has 8 heteroatoms. The summed E-state index contributed by atoms with van der Waals surface area (Å²) in [7, 11) is -1.91. The van der Waals surface area contributed by atoms with Crippen LogP contribution in [0.2, 0.25) is 5.02 Å². The van der Waals surface area contributed by atoms with Crippen molar-refractivity contribution in [2.24, 2.45) is 0 Å². The molecule has 1 aliphatic heterocycles. The third-order valence-corrected chi connectivity index (χ3v) is 7.10. The number of nitrogens with one attached hydrogen (secondary N) is 1. The molecule has 0 radical (unpaired) electrons. The average molecular weight is 437 g/mol. The van der Waals surface area contributed by atoms with E-state index in [1.54, 1.807) is 46.8 Å². The fraction of sp³-hybridized carbons (Fsp3) is 0.381. The average Bonchev–Trinajstić information content (AvgIpc) is 2.73. The van der Waals surface area contributed by atoms with E-state index in [0.29, 0.717) is 40.9 Å². The molecule has 1 aliphatic rings. The summed E-state index contributed by atoms with van der Waals surface area (Å²) in [4.78, 5) is 12.6. The Morgan fingerprint density at radius 2 is 1.79 bits per heavy atom. The summed E-state index contributed by atoms with van der Waals surface area (Å²) >= 11 is 5.98. The Balaban J connectivity index is 1.59. The topological polar surface area (TPSA) is 75.7 Å². The second kappa shape index (κ2) is 9.61. The van der Waals surface area contributed by atoms with Crippen LogP contribution in [0, 0.1) is 0 Å². The fourth-order valence-corrected chi connectivity index (χ4v) is 5.02. The van der Waals surface area contributed by atoms with Gasteiger partial charge in [-0.3, -0.25) is 4.79 Å². The molecular weight excluding hydrogens is 412 g/mol. The van der Waals surface area contributed by atoms with Gasteiger partial charge in [0.15, 0.2) is 0 Å². The lowest BCUT2D eigenvalue weighted by atomic mass is 10.1. The number of sulfonamides is 1. The largest absolute Gasteiger partial charge is 0.495 e. The van der Waals surface area contributed by atoms with Crippen molar-refractivity contribution >= 4 is 33.2 Å². The monoisotopic (exact) mass is 436 g/mol. The molecule has 156 valence electrons. The highest BCUT2D eigenvalue weighted by molar-refractivity contribution is 7.89. The fourth-order valence-electron chi connectivity index (χ4n) is 3.33. The van der Waals surface area contributed by atoms with Gasteiger partial charge in [-0.15, -0.1) is 0 Å². The minimum atomic E-state index is -3.43. The Morgan fingerprint density at radius 3 is 2.45 bits per heavy atom. The van der Waals surface area contributed by atoms with E-state index in [2.05, 4.69) is 5.32 Å². The lowest BCUT2D eigenvalue weighted by molar-refractivity contribution is -0.116. The molecule has 0 saturated carbocycles. The highest BCUT2D eigenvalue weighted by Crippen LogP contribution is 2.28. The van der Waals surface area contributed by atoms with Crippen LogP contribution in [0.5, 0.6) is 5.75 Å². The van der Waals surface area contributed by atoms with Crippen LogP contribution >= 0.6 is 11.6 Å². The van der Waals surface area contributed by atoms with E-state index in [0.717, 1.165) is 24.8 Å². The first-order chi connectivity index (χ1) is 13.9. The maximum Gasteiger partial charge on any atom is 0.243 e. The zero-order valence-electron chi connectivity index (χ0n) is 16.4. The van der Waals surface area contributed by atoms with E-state index < -0.39 is 10.0 Å². The molecule has 0 bridgehead atoms. The van der Waals surface area contributed by atoms with Gasteiger partial charge in [0.2, 0.25) is 15.9 Å². The van der Waals surface area contributed by atoms with Crippen LogP contribution in [0.4, 0.5) is 5.69 Å². The highest BCUT2D eigenvalue weighted by Gasteiger charge is 2.25. The molecule has 0 atom stereocenters. The Morgan fingerprint density at radius 1 is 1.10 bits per heavy atom. The standard InChI is InChI=1S/C21H25ClN2O4S/c1-28-20-11-8-17(22)15-19(20)23-21(25)12-7-16-5-9-18(10-6-16)29(26,27)24-13-3-2-4-14-24/h5-6,8-11,15H,2-4,7,12-14H2,1H3,(H,23,25). The summed E-state index contributed by atoms with van der Waals surface area (Å²) in [5.41, 5.74) is 1.42. The number of piperidine rings is 1. The lowest BCUT2D eigenvalue weighted by Crippen LogP contribution is -2.35. The molecule has 1 saturated heterocycles. The minimum absolute atomic E-state index is 0.171. The summed E-state index contributed by atoms with van der Waals surface area (Å²) < 4.78 is 32.2. The minimum Gasteiger partial charge on any atom is -0.495 e. The molecular formula is C21H25ClN2O4S. The molecule has 6 nitrogen and oxygen atoms in total. The van der Waals surface area contributed by atoms with E-state index in [4.69, 9.17) is 16.3 Å². The molecule has 2 aromatic carbocycles. The summed E-state index contributed by atoms with van der Waals surface area (Å²) in [6, 6.07) is 11.8.